The van der Waals surface area contributed by atoms with Gasteiger partial charge < -0.3 is 21.3 Å². The molecule has 0 atom stereocenters. The van der Waals surface area contributed by atoms with Crippen LogP contribution in [0, 0.1) is 6.92 Å². The Balaban J connectivity index is 0. The van der Waals surface area contributed by atoms with Gasteiger partial charge >= 0.3 is 0 Å². The third-order valence-electron chi connectivity index (χ3n) is 1.22. The van der Waals surface area contributed by atoms with Crippen LogP contribution in [0.25, 0.3) is 0 Å². The van der Waals surface area contributed by atoms with Crippen molar-refractivity contribution in [2.75, 3.05) is 27.2 Å². The molecule has 0 rings (SSSR count). The molecule has 0 aromatic carbocycles. The summed E-state index contributed by atoms with van der Waals surface area (Å²) in [5.74, 6) is 0. The Morgan fingerprint density at radius 2 is 2.08 bits per heavy atom. The number of ether oxygens (including phenoxy) is 2. The largest absolute Gasteiger partial charge is 0.393 e. The van der Waals surface area contributed by atoms with Crippen LogP contribution >= 0.6 is 0 Å². The van der Waals surface area contributed by atoms with Crippen molar-refractivity contribution in [1.82, 2.24) is 4.90 Å². The van der Waals surface area contributed by atoms with Crippen molar-refractivity contribution in [3.05, 3.63) is 19.2 Å². The van der Waals surface area contributed by atoms with Crippen LogP contribution in [0.4, 0.5) is 0 Å². The third-order valence-corrected chi connectivity index (χ3v) is 1.22. The van der Waals surface area contributed by atoms with Crippen molar-refractivity contribution in [2.45, 2.75) is 6.92 Å². The number of rotatable bonds is 6. The van der Waals surface area contributed by atoms with Crippen LogP contribution in [0.2, 0.25) is 0 Å². The first-order chi connectivity index (χ1) is 5.22. The van der Waals surface area contributed by atoms with E-state index in [0.717, 1.165) is 5.70 Å². The minimum Gasteiger partial charge on any atom is -0.393 e. The van der Waals surface area contributed by atoms with E-state index in [1.54, 1.807) is 7.11 Å². The van der Waals surface area contributed by atoms with Gasteiger partial charge in [-0.1, -0.05) is 13.2 Å². The second-order valence-electron chi connectivity index (χ2n) is 2.23. The summed E-state index contributed by atoms with van der Waals surface area (Å²) in [6.45, 7) is 10.7. The number of nitrogens with zero attached hydrogens (tertiary/aromatic N) is 1. The maximum atomic E-state index is 5.08. The summed E-state index contributed by atoms with van der Waals surface area (Å²) in [7, 11) is 1.64. The summed E-state index contributed by atoms with van der Waals surface area (Å²) in [5, 5.41) is 0. The predicted octanol–water partition coefficient (Wildman–Crippen LogP) is 1.23. The second-order valence-corrected chi connectivity index (χ2v) is 2.23. The van der Waals surface area contributed by atoms with E-state index in [2.05, 4.69) is 13.5 Å². The second kappa shape index (κ2) is 7.57. The van der Waals surface area contributed by atoms with Crippen LogP contribution in [0.5, 0.6) is 0 Å². The van der Waals surface area contributed by atoms with Crippen molar-refractivity contribution >= 4 is 0 Å². The fraction of sp³-hybridized carbons (Fsp3) is 0.625. The molecule has 0 N–H and O–H groups in total. The van der Waals surface area contributed by atoms with Crippen molar-refractivity contribution in [2.24, 2.45) is 0 Å². The Kier molecular flexibility index (Phi) is 8.25. The topological polar surface area (TPSA) is 21.7 Å². The van der Waals surface area contributed by atoms with E-state index >= 15 is 0 Å². The van der Waals surface area contributed by atoms with Gasteiger partial charge in [0.05, 0.1) is 0 Å². The summed E-state index contributed by atoms with van der Waals surface area (Å²) in [6, 6.07) is 0. The quantitative estimate of drug-likeness (QED) is 0.472. The van der Waals surface area contributed by atoms with E-state index in [9.17, 15) is 0 Å². The molecule has 0 radical (unpaired) electrons. The third kappa shape index (κ3) is 5.26. The molecule has 0 heterocycles. The molecule has 0 bridgehead atoms. The number of hydrogen-bond donors (Lipinski definition) is 0. The van der Waals surface area contributed by atoms with Crippen molar-refractivity contribution in [3.63, 3.8) is 0 Å². The SMILES string of the molecule is C=C(C)N(COC)COC[CH2-].[Rf]. The van der Waals surface area contributed by atoms with E-state index in [1.165, 1.54) is 0 Å². The van der Waals surface area contributed by atoms with Gasteiger partial charge in [0.1, 0.15) is 13.5 Å². The molecule has 4 heteroatoms. The average Bonchev–Trinajstić information content (AvgIpc) is 1.97. The maximum absolute atomic E-state index is 5.08. The van der Waals surface area contributed by atoms with Crippen LogP contribution in [-0.4, -0.2) is 32.1 Å². The van der Waals surface area contributed by atoms with Gasteiger partial charge in [0.25, 0.3) is 0 Å². The Morgan fingerprint density at radius 3 is 2.42 bits per heavy atom. The summed E-state index contributed by atoms with van der Waals surface area (Å²) < 4.78 is 10.0. The zero-order chi connectivity index (χ0) is 8.69. The molecule has 0 saturated heterocycles. The Morgan fingerprint density at radius 1 is 1.50 bits per heavy atom. The van der Waals surface area contributed by atoms with Crippen LogP contribution in [0.3, 0.4) is 0 Å². The van der Waals surface area contributed by atoms with Crippen molar-refractivity contribution in [1.29, 1.82) is 0 Å². The average molecular weight is 425 g/mol. The minimum absolute atomic E-state index is 0. The van der Waals surface area contributed by atoms with E-state index in [1.807, 2.05) is 11.8 Å². The number of hydrogen-bond acceptors (Lipinski definition) is 3. The Bertz CT molecular complexity index is 120. The van der Waals surface area contributed by atoms with Crippen LogP contribution in [0.15, 0.2) is 12.3 Å². The fourth-order valence-corrected chi connectivity index (χ4v) is 0.588. The molecule has 0 aliphatic carbocycles. The first-order valence-corrected chi connectivity index (χ1v) is 3.48. The molecule has 0 spiro atoms. The van der Waals surface area contributed by atoms with Crippen LogP contribution in [0.1, 0.15) is 6.92 Å². The maximum Gasteiger partial charge on any atom is 0.120 e. The normalized spacial score (nSPS) is 8.92. The van der Waals surface area contributed by atoms with Crippen LogP contribution < -0.4 is 0 Å². The Hall–Kier alpha value is -1.54. The molecule has 0 amide bonds. The molecule has 0 fully saturated rings. The molecular formula is C8H16NO2Rf-. The number of methoxy groups -OCH3 is 1. The molecule has 0 aliphatic heterocycles. The van der Waals surface area contributed by atoms with Gasteiger partial charge in [-0.3, -0.25) is 0 Å². The minimum atomic E-state index is 0. The van der Waals surface area contributed by atoms with Crippen molar-refractivity contribution < 1.29 is 9.47 Å². The molecule has 0 saturated carbocycles. The molecule has 68 valence electrons. The van der Waals surface area contributed by atoms with Crippen molar-refractivity contribution in [3.8, 4) is 0 Å². The monoisotopic (exact) mass is 425 g/mol. The smallest absolute Gasteiger partial charge is 0.120 e. The molecule has 0 unspecified atom stereocenters. The zero-order valence-electron chi connectivity index (χ0n) is 8.01. The molecule has 0 aliphatic rings. The van der Waals surface area contributed by atoms with Gasteiger partial charge in [0.2, 0.25) is 0 Å². The zero-order valence-corrected chi connectivity index (χ0v) is 14.4. The molecule has 12 heavy (non-hydrogen) atoms. The van der Waals surface area contributed by atoms with E-state index in [0.29, 0.717) is 20.1 Å². The summed E-state index contributed by atoms with van der Waals surface area (Å²) in [5.41, 5.74) is 0.931. The summed E-state index contributed by atoms with van der Waals surface area (Å²) >= 11 is 0. The van der Waals surface area contributed by atoms with Gasteiger partial charge in [-0.2, -0.15) is 0 Å². The standard InChI is InChI=1S/C8H16NO2.Rf/c1-5-11-7-9(6-10-4)8(2)3;/h1-2,5-7H2,3-4H3;/q-1;. The first kappa shape index (κ1) is 13.1. The summed E-state index contributed by atoms with van der Waals surface area (Å²) in [4.78, 5) is 1.88. The Labute approximate surface area is 68.6 Å². The molecule has 3 nitrogen and oxygen atoms in total. The fourth-order valence-electron chi connectivity index (χ4n) is 0.588. The van der Waals surface area contributed by atoms with E-state index < -0.39 is 0 Å². The van der Waals surface area contributed by atoms with E-state index in [-0.39, 0.29) is 0 Å². The summed E-state index contributed by atoms with van der Waals surface area (Å²) in [6.07, 6.45) is 0. The number of allylic oxidation sites excluding steroid dienone is 1. The van der Waals surface area contributed by atoms with Gasteiger partial charge in [-0.25, -0.2) is 0 Å². The molecule has 0 aromatic rings. The van der Waals surface area contributed by atoms with Gasteiger partial charge in [-0.05, 0) is 6.92 Å². The van der Waals surface area contributed by atoms with Gasteiger partial charge in [0, 0.05) is 12.8 Å². The predicted molar refractivity (Wildman–Crippen MR) is 44.7 cm³/mol. The molecule has 0 aromatic heterocycles. The first-order valence-electron chi connectivity index (χ1n) is 3.48. The van der Waals surface area contributed by atoms with Crippen LogP contribution in [-0.2, 0) is 9.47 Å². The van der Waals surface area contributed by atoms with E-state index in [4.69, 9.17) is 9.47 Å². The molecular weight excluding hydrogens is 409 g/mol. The van der Waals surface area contributed by atoms with Gasteiger partial charge in [0.15, 0.2) is 0 Å². The van der Waals surface area contributed by atoms with Gasteiger partial charge in [-0.15, -0.1) is 0 Å².